The molecule has 0 aliphatic rings. The van der Waals surface area contributed by atoms with Crippen LogP contribution in [0, 0.1) is 0 Å². The molecule has 1 heterocycles. The number of amides is 1. The minimum Gasteiger partial charge on any atom is -0.478 e. The van der Waals surface area contributed by atoms with Crippen LogP contribution in [0.3, 0.4) is 0 Å². The summed E-state index contributed by atoms with van der Waals surface area (Å²) < 4.78 is 34.2. The number of ether oxygens (including phenoxy) is 1. The minimum atomic E-state index is -2.98. The van der Waals surface area contributed by atoms with Gasteiger partial charge in [-0.05, 0) is 48.7 Å². The molecule has 0 aliphatic carbocycles. The number of aromatic nitrogens is 2. The van der Waals surface area contributed by atoms with Crippen LogP contribution in [-0.2, 0) is 13.5 Å². The molecule has 0 spiro atoms. The van der Waals surface area contributed by atoms with E-state index in [1.807, 2.05) is 13.0 Å². The van der Waals surface area contributed by atoms with Crippen LogP contribution < -0.4 is 10.1 Å². The Labute approximate surface area is 183 Å². The van der Waals surface area contributed by atoms with Gasteiger partial charge in [0.25, 0.3) is 12.3 Å². The van der Waals surface area contributed by atoms with Crippen molar-refractivity contribution in [2.45, 2.75) is 32.7 Å². The molecular weight excluding hydrogens is 420 g/mol. The average Bonchev–Trinajstić information content (AvgIpc) is 3.10. The second-order valence-electron chi connectivity index (χ2n) is 7.22. The summed E-state index contributed by atoms with van der Waals surface area (Å²) in [7, 11) is 1.43. The second kappa shape index (κ2) is 9.59. The lowest BCUT2D eigenvalue weighted by atomic mass is 10.1. The topological polar surface area (TPSA) is 93.4 Å². The number of rotatable bonds is 8. The Kier molecular flexibility index (Phi) is 6.87. The molecule has 0 radical (unpaired) electrons. The van der Waals surface area contributed by atoms with Gasteiger partial charge in [-0.2, -0.15) is 5.10 Å². The van der Waals surface area contributed by atoms with Gasteiger partial charge in [0.1, 0.15) is 17.0 Å². The predicted octanol–water partition coefficient (Wildman–Crippen LogP) is 4.90. The van der Waals surface area contributed by atoms with Crippen molar-refractivity contribution in [1.29, 1.82) is 0 Å². The second-order valence-corrected chi connectivity index (χ2v) is 7.22. The van der Waals surface area contributed by atoms with Crippen LogP contribution in [0.4, 0.5) is 8.78 Å². The van der Waals surface area contributed by atoms with Gasteiger partial charge >= 0.3 is 5.97 Å². The maximum absolute atomic E-state index is 13.7. The Hall–Kier alpha value is -3.75. The molecule has 3 aromatic rings. The molecule has 0 saturated heterocycles. The molecule has 1 amide bonds. The van der Waals surface area contributed by atoms with E-state index in [-0.39, 0.29) is 17.0 Å². The molecule has 3 rings (SSSR count). The van der Waals surface area contributed by atoms with E-state index in [1.54, 1.807) is 37.3 Å². The van der Waals surface area contributed by atoms with Crippen molar-refractivity contribution < 1.29 is 28.2 Å². The lowest BCUT2D eigenvalue weighted by molar-refractivity contribution is 0.0696. The molecule has 1 unspecified atom stereocenters. The van der Waals surface area contributed by atoms with Crippen molar-refractivity contribution in [3.8, 4) is 11.6 Å². The highest BCUT2D eigenvalue weighted by Crippen LogP contribution is 2.33. The van der Waals surface area contributed by atoms with Gasteiger partial charge in [0, 0.05) is 7.05 Å². The maximum Gasteiger partial charge on any atom is 0.335 e. The quantitative estimate of drug-likeness (QED) is 0.516. The minimum absolute atomic E-state index is 0.0977. The van der Waals surface area contributed by atoms with Crippen LogP contribution in [0.2, 0.25) is 0 Å². The number of aromatic carboxylic acids is 1. The van der Waals surface area contributed by atoms with Crippen molar-refractivity contribution in [2.24, 2.45) is 7.05 Å². The van der Waals surface area contributed by atoms with E-state index >= 15 is 0 Å². The number of carbonyl (C=O) groups excluding carboxylic acids is 1. The summed E-state index contributed by atoms with van der Waals surface area (Å²) in [6.07, 6.45) is -2.22. The van der Waals surface area contributed by atoms with Gasteiger partial charge < -0.3 is 15.2 Å². The fourth-order valence-corrected chi connectivity index (χ4v) is 3.22. The number of benzene rings is 2. The number of hydrogen-bond acceptors (Lipinski definition) is 4. The van der Waals surface area contributed by atoms with Crippen LogP contribution in [-0.4, -0.2) is 26.8 Å². The number of aryl methyl sites for hydroxylation is 2. The monoisotopic (exact) mass is 443 g/mol. The molecule has 168 valence electrons. The van der Waals surface area contributed by atoms with Gasteiger partial charge in [-0.25, -0.2) is 18.3 Å². The van der Waals surface area contributed by atoms with Gasteiger partial charge in [-0.1, -0.05) is 31.2 Å². The zero-order valence-electron chi connectivity index (χ0n) is 17.8. The molecule has 0 saturated carbocycles. The Morgan fingerprint density at radius 2 is 1.88 bits per heavy atom. The number of halogens is 2. The number of carbonyl (C=O) groups is 2. The van der Waals surface area contributed by atoms with Gasteiger partial charge in [0.05, 0.1) is 11.6 Å². The molecule has 1 aromatic heterocycles. The highest BCUT2D eigenvalue weighted by Gasteiger charge is 2.30. The number of hydrogen-bond donors (Lipinski definition) is 2. The van der Waals surface area contributed by atoms with E-state index in [4.69, 9.17) is 9.84 Å². The Morgan fingerprint density at radius 3 is 2.47 bits per heavy atom. The van der Waals surface area contributed by atoms with Crippen LogP contribution in [0.15, 0.2) is 48.5 Å². The van der Waals surface area contributed by atoms with Crippen molar-refractivity contribution in [3.63, 3.8) is 0 Å². The first-order valence-corrected chi connectivity index (χ1v) is 9.97. The van der Waals surface area contributed by atoms with E-state index in [0.29, 0.717) is 11.3 Å². The normalized spacial score (nSPS) is 11.9. The summed E-state index contributed by atoms with van der Waals surface area (Å²) >= 11 is 0. The molecule has 2 N–H and O–H groups in total. The molecule has 0 aliphatic heterocycles. The molecule has 32 heavy (non-hydrogen) atoms. The van der Waals surface area contributed by atoms with E-state index in [1.165, 1.54) is 19.2 Å². The fourth-order valence-electron chi connectivity index (χ4n) is 3.22. The van der Waals surface area contributed by atoms with E-state index in [0.717, 1.165) is 16.7 Å². The van der Waals surface area contributed by atoms with Crippen LogP contribution in [0.1, 0.15) is 63.9 Å². The number of carboxylic acids is 1. The molecular formula is C23H23F2N3O4. The number of nitrogens with one attached hydrogen (secondary N) is 1. The highest BCUT2D eigenvalue weighted by molar-refractivity contribution is 5.98. The van der Waals surface area contributed by atoms with Crippen LogP contribution in [0.25, 0.3) is 0 Å². The first-order chi connectivity index (χ1) is 15.2. The van der Waals surface area contributed by atoms with Crippen LogP contribution in [0.5, 0.6) is 11.6 Å². The zero-order chi connectivity index (χ0) is 23.4. The molecule has 2 aromatic carbocycles. The predicted molar refractivity (Wildman–Crippen MR) is 113 cm³/mol. The SMILES string of the molecule is CCc1cccc(Oc2c(C(=O)NC(C)c3ccc(C(=O)O)cc3)c(C(F)F)nn2C)c1. The third-order valence-electron chi connectivity index (χ3n) is 4.98. The maximum atomic E-state index is 13.7. The Bertz CT molecular complexity index is 1130. The van der Waals surface area contributed by atoms with E-state index in [9.17, 15) is 18.4 Å². The number of nitrogens with zero attached hydrogens (tertiary/aromatic N) is 2. The first kappa shape index (κ1) is 22.9. The Balaban J connectivity index is 1.90. The first-order valence-electron chi connectivity index (χ1n) is 9.97. The standard InChI is InChI=1S/C23H23F2N3O4/c1-4-14-6-5-7-17(12-14)32-22-18(19(20(24)25)27-28(22)3)21(29)26-13(2)15-8-10-16(11-9-15)23(30)31/h5-13,20H,4H2,1-3H3,(H,26,29)(H,30,31). The van der Waals surface area contributed by atoms with Crippen molar-refractivity contribution >= 4 is 11.9 Å². The summed E-state index contributed by atoms with van der Waals surface area (Å²) in [4.78, 5) is 24.0. The molecule has 9 heteroatoms. The van der Waals surface area contributed by atoms with Gasteiger partial charge in [0.2, 0.25) is 5.88 Å². The molecule has 0 fully saturated rings. The largest absolute Gasteiger partial charge is 0.478 e. The summed E-state index contributed by atoms with van der Waals surface area (Å²) in [5.41, 5.74) is 0.676. The van der Waals surface area contributed by atoms with E-state index in [2.05, 4.69) is 10.4 Å². The number of alkyl halides is 2. The fraction of sp³-hybridized carbons (Fsp3) is 0.261. The van der Waals surface area contributed by atoms with Crippen molar-refractivity contribution in [1.82, 2.24) is 15.1 Å². The summed E-state index contributed by atoms with van der Waals surface area (Å²) in [6.45, 7) is 3.64. The smallest absolute Gasteiger partial charge is 0.335 e. The van der Waals surface area contributed by atoms with Crippen LogP contribution >= 0.6 is 0 Å². The van der Waals surface area contributed by atoms with E-state index < -0.39 is 30.0 Å². The molecule has 7 nitrogen and oxygen atoms in total. The molecule has 0 bridgehead atoms. The third kappa shape index (κ3) is 4.93. The lowest BCUT2D eigenvalue weighted by Crippen LogP contribution is -2.27. The van der Waals surface area contributed by atoms with Gasteiger partial charge in [-0.15, -0.1) is 0 Å². The van der Waals surface area contributed by atoms with Gasteiger partial charge in [-0.3, -0.25) is 4.79 Å². The Morgan fingerprint density at radius 1 is 1.19 bits per heavy atom. The third-order valence-corrected chi connectivity index (χ3v) is 4.98. The van der Waals surface area contributed by atoms with Gasteiger partial charge in [0.15, 0.2) is 0 Å². The molecule has 1 atom stereocenters. The lowest BCUT2D eigenvalue weighted by Gasteiger charge is -2.16. The van der Waals surface area contributed by atoms with Crippen molar-refractivity contribution in [3.05, 3.63) is 76.5 Å². The average molecular weight is 443 g/mol. The number of carboxylic acid groups (broad SMARTS) is 1. The zero-order valence-corrected chi connectivity index (χ0v) is 17.8. The summed E-state index contributed by atoms with van der Waals surface area (Å²) in [5, 5.41) is 15.5. The van der Waals surface area contributed by atoms with Crippen molar-refractivity contribution in [2.75, 3.05) is 0 Å². The summed E-state index contributed by atoms with van der Waals surface area (Å²) in [6, 6.07) is 12.5. The summed E-state index contributed by atoms with van der Waals surface area (Å²) in [5.74, 6) is -1.54. The highest BCUT2D eigenvalue weighted by atomic mass is 19.3.